The third-order valence-electron chi connectivity index (χ3n) is 3.80. The molecule has 0 saturated heterocycles. The molecule has 106 valence electrons. The summed E-state index contributed by atoms with van der Waals surface area (Å²) in [5.41, 5.74) is 7.83. The van der Waals surface area contributed by atoms with Crippen LogP contribution < -0.4 is 29.7 Å². The largest absolute Gasteiger partial charge is 1.00 e. The lowest BCUT2D eigenvalue weighted by Crippen LogP contribution is -3.00. The summed E-state index contributed by atoms with van der Waals surface area (Å²) in [5.74, 6) is 0. The minimum absolute atomic E-state index is 0. The van der Waals surface area contributed by atoms with Gasteiger partial charge in [0.1, 0.15) is 0 Å². The SMILES string of the molecule is [I-].[NH3+]C(c1ccccc1)(c1ccccc1)c1ccccc1. The van der Waals surface area contributed by atoms with E-state index in [4.69, 9.17) is 0 Å². The van der Waals surface area contributed by atoms with Crippen LogP contribution >= 0.6 is 0 Å². The van der Waals surface area contributed by atoms with Gasteiger partial charge in [-0.2, -0.15) is 0 Å². The van der Waals surface area contributed by atoms with Gasteiger partial charge in [0.25, 0.3) is 0 Å². The highest BCUT2D eigenvalue weighted by molar-refractivity contribution is 5.45. The van der Waals surface area contributed by atoms with Gasteiger partial charge in [0.05, 0.1) is 0 Å². The van der Waals surface area contributed by atoms with Crippen molar-refractivity contribution in [2.45, 2.75) is 5.54 Å². The van der Waals surface area contributed by atoms with Crippen LogP contribution in [0.4, 0.5) is 0 Å². The van der Waals surface area contributed by atoms with Crippen molar-refractivity contribution in [3.63, 3.8) is 0 Å². The van der Waals surface area contributed by atoms with E-state index in [1.54, 1.807) is 0 Å². The molecule has 0 aromatic heterocycles. The number of halogens is 1. The van der Waals surface area contributed by atoms with Crippen LogP contribution in [0.3, 0.4) is 0 Å². The maximum absolute atomic E-state index is 4.58. The third-order valence-corrected chi connectivity index (χ3v) is 3.80. The van der Waals surface area contributed by atoms with Crippen molar-refractivity contribution in [2.24, 2.45) is 0 Å². The molecular formula is C19H18IN. The lowest BCUT2D eigenvalue weighted by Gasteiger charge is -2.27. The second-order valence-corrected chi connectivity index (χ2v) is 5.00. The lowest BCUT2D eigenvalue weighted by molar-refractivity contribution is -0.455. The number of hydrogen-bond acceptors (Lipinski definition) is 0. The molecule has 0 aliphatic carbocycles. The Hall–Kier alpha value is -1.65. The van der Waals surface area contributed by atoms with Gasteiger partial charge < -0.3 is 29.7 Å². The first-order valence-corrected chi connectivity index (χ1v) is 6.84. The Morgan fingerprint density at radius 1 is 0.476 bits per heavy atom. The van der Waals surface area contributed by atoms with E-state index in [0.717, 1.165) is 0 Å². The molecule has 2 heteroatoms. The van der Waals surface area contributed by atoms with Gasteiger partial charge in [-0.25, -0.2) is 0 Å². The van der Waals surface area contributed by atoms with Crippen molar-refractivity contribution in [3.8, 4) is 0 Å². The highest BCUT2D eigenvalue weighted by Crippen LogP contribution is 2.31. The Morgan fingerprint density at radius 2 is 0.714 bits per heavy atom. The van der Waals surface area contributed by atoms with Crippen LogP contribution in [0.5, 0.6) is 0 Å². The Kier molecular flexibility index (Phi) is 5.15. The van der Waals surface area contributed by atoms with Gasteiger partial charge in [0, 0.05) is 16.7 Å². The number of benzene rings is 3. The fourth-order valence-electron chi connectivity index (χ4n) is 2.67. The molecular weight excluding hydrogens is 369 g/mol. The first-order valence-electron chi connectivity index (χ1n) is 6.84. The van der Waals surface area contributed by atoms with E-state index in [2.05, 4.69) is 78.5 Å². The standard InChI is InChI=1S/C19H17N.HI/c20-19(16-10-4-1-5-11-16,17-12-6-2-7-13-17)18-14-8-3-9-15-18;/h1-15H,20H2;1H. The molecule has 0 aliphatic heterocycles. The second-order valence-electron chi connectivity index (χ2n) is 5.00. The number of hydrogen-bond donors (Lipinski definition) is 1. The van der Waals surface area contributed by atoms with E-state index in [1.807, 2.05) is 18.2 Å². The molecule has 0 fully saturated rings. The molecule has 3 aromatic rings. The fraction of sp³-hybridized carbons (Fsp3) is 0.0526. The minimum Gasteiger partial charge on any atom is -1.00 e. The predicted octanol–water partition coefficient (Wildman–Crippen LogP) is 0.224. The molecule has 0 bridgehead atoms. The van der Waals surface area contributed by atoms with Crippen molar-refractivity contribution >= 4 is 0 Å². The summed E-state index contributed by atoms with van der Waals surface area (Å²) in [4.78, 5) is 0. The summed E-state index contributed by atoms with van der Waals surface area (Å²) >= 11 is 0. The van der Waals surface area contributed by atoms with Crippen LogP contribution in [0, 0.1) is 0 Å². The van der Waals surface area contributed by atoms with E-state index in [1.165, 1.54) is 16.7 Å². The molecule has 0 saturated carbocycles. The topological polar surface area (TPSA) is 27.6 Å². The van der Waals surface area contributed by atoms with E-state index < -0.39 is 0 Å². The van der Waals surface area contributed by atoms with Crippen molar-refractivity contribution in [2.75, 3.05) is 0 Å². The van der Waals surface area contributed by atoms with Crippen LogP contribution in [-0.4, -0.2) is 0 Å². The second kappa shape index (κ2) is 6.87. The molecule has 0 heterocycles. The fourth-order valence-corrected chi connectivity index (χ4v) is 2.67. The molecule has 3 aromatic carbocycles. The highest BCUT2D eigenvalue weighted by atomic mass is 127. The smallest absolute Gasteiger partial charge is 0.172 e. The van der Waals surface area contributed by atoms with Gasteiger partial charge in [0.2, 0.25) is 0 Å². The van der Waals surface area contributed by atoms with Crippen molar-refractivity contribution in [1.29, 1.82) is 0 Å². The molecule has 3 rings (SSSR count). The van der Waals surface area contributed by atoms with Crippen molar-refractivity contribution in [1.82, 2.24) is 0 Å². The van der Waals surface area contributed by atoms with E-state index >= 15 is 0 Å². The Balaban J connectivity index is 0.00000161. The van der Waals surface area contributed by atoms with Crippen LogP contribution in [0.25, 0.3) is 0 Å². The Bertz CT molecular complexity index is 569. The highest BCUT2D eigenvalue weighted by Gasteiger charge is 2.35. The van der Waals surface area contributed by atoms with Gasteiger partial charge in [-0.3, -0.25) is 0 Å². The number of rotatable bonds is 3. The normalized spacial score (nSPS) is 10.7. The quantitative estimate of drug-likeness (QED) is 0.492. The van der Waals surface area contributed by atoms with Gasteiger partial charge in [-0.1, -0.05) is 91.0 Å². The molecule has 0 unspecified atom stereocenters. The summed E-state index contributed by atoms with van der Waals surface area (Å²) in [5, 5.41) is 0. The molecule has 0 spiro atoms. The zero-order valence-electron chi connectivity index (χ0n) is 11.7. The van der Waals surface area contributed by atoms with Crippen LogP contribution in [0.15, 0.2) is 91.0 Å². The van der Waals surface area contributed by atoms with Crippen LogP contribution in [0.1, 0.15) is 16.7 Å². The lowest BCUT2D eigenvalue weighted by atomic mass is 9.78. The monoisotopic (exact) mass is 387 g/mol. The van der Waals surface area contributed by atoms with Gasteiger partial charge in [-0.15, -0.1) is 0 Å². The van der Waals surface area contributed by atoms with Gasteiger partial charge in [0.15, 0.2) is 5.54 Å². The summed E-state index contributed by atoms with van der Waals surface area (Å²) in [7, 11) is 0. The molecule has 0 amide bonds. The third kappa shape index (κ3) is 3.01. The summed E-state index contributed by atoms with van der Waals surface area (Å²) in [6, 6.07) is 31.4. The van der Waals surface area contributed by atoms with E-state index in [9.17, 15) is 0 Å². The van der Waals surface area contributed by atoms with Gasteiger partial charge in [-0.05, 0) is 0 Å². The predicted molar refractivity (Wildman–Crippen MR) is 82.1 cm³/mol. The summed E-state index contributed by atoms with van der Waals surface area (Å²) in [6.07, 6.45) is 0. The van der Waals surface area contributed by atoms with Crippen LogP contribution in [-0.2, 0) is 5.54 Å². The molecule has 0 atom stereocenters. The zero-order valence-corrected chi connectivity index (χ0v) is 13.9. The Morgan fingerprint density at radius 3 is 0.952 bits per heavy atom. The molecule has 0 aliphatic rings. The molecule has 1 nitrogen and oxygen atoms in total. The average Bonchev–Trinajstić information content (AvgIpc) is 2.56. The van der Waals surface area contributed by atoms with Crippen molar-refractivity contribution < 1.29 is 29.7 Å². The zero-order chi connectivity index (χ0) is 13.8. The van der Waals surface area contributed by atoms with Crippen molar-refractivity contribution in [3.05, 3.63) is 108 Å². The van der Waals surface area contributed by atoms with Gasteiger partial charge >= 0.3 is 0 Å². The first kappa shape index (κ1) is 15.7. The average molecular weight is 387 g/mol. The summed E-state index contributed by atoms with van der Waals surface area (Å²) < 4.78 is 0. The van der Waals surface area contributed by atoms with E-state index in [-0.39, 0.29) is 29.5 Å². The van der Waals surface area contributed by atoms with Crippen LogP contribution in [0.2, 0.25) is 0 Å². The number of quaternary nitrogens is 1. The first-order chi connectivity index (χ1) is 9.82. The molecule has 21 heavy (non-hydrogen) atoms. The molecule has 0 radical (unpaired) electrons. The molecule has 3 N–H and O–H groups in total. The van der Waals surface area contributed by atoms with E-state index in [0.29, 0.717) is 0 Å². The minimum atomic E-state index is -0.371. The Labute approximate surface area is 142 Å². The maximum atomic E-state index is 4.58. The summed E-state index contributed by atoms with van der Waals surface area (Å²) in [6.45, 7) is 0. The maximum Gasteiger partial charge on any atom is 0.172 e.